The average molecular weight is 486 g/mol. The van der Waals surface area contributed by atoms with Crippen LogP contribution >= 0.6 is 24.0 Å². The molecule has 1 atom stereocenters. The molecule has 1 saturated carbocycles. The van der Waals surface area contributed by atoms with Crippen molar-refractivity contribution in [2.24, 2.45) is 10.9 Å². The summed E-state index contributed by atoms with van der Waals surface area (Å²) < 4.78 is 5.38. The summed E-state index contributed by atoms with van der Waals surface area (Å²) in [6.07, 6.45) is 2.60. The monoisotopic (exact) mass is 486 g/mol. The quantitative estimate of drug-likeness (QED) is 0.353. The highest BCUT2D eigenvalue weighted by molar-refractivity contribution is 14.0. The summed E-state index contributed by atoms with van der Waals surface area (Å²) in [5, 5.41) is 6.69. The van der Waals surface area contributed by atoms with Crippen LogP contribution in [-0.4, -0.2) is 62.7 Å². The molecule has 2 N–H and O–H groups in total. The molecule has 1 amide bonds. The van der Waals surface area contributed by atoms with E-state index in [9.17, 15) is 4.79 Å². The lowest BCUT2D eigenvalue weighted by atomic mass is 9.97. The Morgan fingerprint density at radius 3 is 2.56 bits per heavy atom. The number of nitrogens with zero attached hydrogens (tertiary/aromatic N) is 2. The highest BCUT2D eigenvalue weighted by Crippen LogP contribution is 2.27. The smallest absolute Gasteiger partial charge is 0.232 e. The summed E-state index contributed by atoms with van der Waals surface area (Å²) in [7, 11) is 0. The summed E-state index contributed by atoms with van der Waals surface area (Å²) >= 11 is 0. The van der Waals surface area contributed by atoms with Gasteiger partial charge in [-0.15, -0.1) is 24.0 Å². The average Bonchev–Trinajstić information content (AvgIpc) is 3.52. The van der Waals surface area contributed by atoms with Crippen LogP contribution < -0.4 is 10.6 Å². The van der Waals surface area contributed by atoms with Crippen LogP contribution in [-0.2, 0) is 9.53 Å². The molecule has 1 aromatic rings. The zero-order valence-corrected chi connectivity index (χ0v) is 18.4. The molecule has 7 heteroatoms. The molecule has 1 aromatic carbocycles. The molecule has 1 aliphatic heterocycles. The number of benzene rings is 1. The van der Waals surface area contributed by atoms with Gasteiger partial charge < -0.3 is 20.3 Å². The third-order valence-electron chi connectivity index (χ3n) is 4.85. The van der Waals surface area contributed by atoms with Crippen molar-refractivity contribution in [1.29, 1.82) is 0 Å². The van der Waals surface area contributed by atoms with Gasteiger partial charge in [0, 0.05) is 26.2 Å². The van der Waals surface area contributed by atoms with E-state index < -0.39 is 0 Å². The predicted molar refractivity (Wildman–Crippen MR) is 119 cm³/mol. The number of carbonyl (C=O) groups is 1. The molecule has 0 radical (unpaired) electrons. The minimum absolute atomic E-state index is 0. The first kappa shape index (κ1) is 21.9. The van der Waals surface area contributed by atoms with Crippen molar-refractivity contribution >= 4 is 35.8 Å². The van der Waals surface area contributed by atoms with Crippen LogP contribution in [0.2, 0.25) is 0 Å². The van der Waals surface area contributed by atoms with Crippen molar-refractivity contribution in [3.05, 3.63) is 35.9 Å². The van der Waals surface area contributed by atoms with Gasteiger partial charge in [0.1, 0.15) is 0 Å². The van der Waals surface area contributed by atoms with E-state index in [1.54, 1.807) is 0 Å². The van der Waals surface area contributed by atoms with Gasteiger partial charge in [-0.2, -0.15) is 0 Å². The maximum Gasteiger partial charge on any atom is 0.232 e. The van der Waals surface area contributed by atoms with Crippen molar-refractivity contribution in [2.45, 2.75) is 25.7 Å². The fourth-order valence-electron chi connectivity index (χ4n) is 3.10. The van der Waals surface area contributed by atoms with Crippen LogP contribution in [0.25, 0.3) is 0 Å². The molecule has 27 heavy (non-hydrogen) atoms. The largest absolute Gasteiger partial charge is 0.378 e. The molecule has 2 aliphatic rings. The summed E-state index contributed by atoms with van der Waals surface area (Å²) in [6.45, 7) is 6.81. The number of halogens is 1. The lowest BCUT2D eigenvalue weighted by Gasteiger charge is -2.30. The maximum atomic E-state index is 13.1. The van der Waals surface area contributed by atoms with Crippen LogP contribution in [0, 0.1) is 5.92 Å². The lowest BCUT2D eigenvalue weighted by Crippen LogP contribution is -2.44. The summed E-state index contributed by atoms with van der Waals surface area (Å²) in [5.74, 6) is 1.46. The molecule has 1 aliphatic carbocycles. The SMILES string of the molecule is CCNC(=NCC(C(=O)N1CCOCC1)c1ccccc1)NCC1CC1.I. The second-order valence-corrected chi connectivity index (χ2v) is 6.94. The van der Waals surface area contributed by atoms with Crippen molar-refractivity contribution in [3.8, 4) is 0 Å². The van der Waals surface area contributed by atoms with E-state index in [-0.39, 0.29) is 35.8 Å². The van der Waals surface area contributed by atoms with Gasteiger partial charge in [-0.25, -0.2) is 0 Å². The van der Waals surface area contributed by atoms with E-state index in [1.807, 2.05) is 35.2 Å². The summed E-state index contributed by atoms with van der Waals surface area (Å²) in [6, 6.07) is 9.97. The third-order valence-corrected chi connectivity index (χ3v) is 4.85. The zero-order valence-electron chi connectivity index (χ0n) is 16.0. The molecule has 1 saturated heterocycles. The minimum atomic E-state index is -0.259. The minimum Gasteiger partial charge on any atom is -0.378 e. The first-order valence-electron chi connectivity index (χ1n) is 9.71. The first-order valence-corrected chi connectivity index (χ1v) is 9.71. The van der Waals surface area contributed by atoms with Crippen LogP contribution in [0.4, 0.5) is 0 Å². The first-order chi connectivity index (χ1) is 12.8. The molecule has 0 aromatic heterocycles. The van der Waals surface area contributed by atoms with Crippen molar-refractivity contribution in [2.75, 3.05) is 45.9 Å². The number of guanidine groups is 1. The van der Waals surface area contributed by atoms with E-state index in [1.165, 1.54) is 12.8 Å². The highest BCUT2D eigenvalue weighted by Gasteiger charge is 2.27. The standard InChI is InChI=1S/C20H30N4O2.HI/c1-2-21-20(22-14-16-8-9-16)23-15-18(17-6-4-3-5-7-17)19(25)24-10-12-26-13-11-24;/h3-7,16,18H,2,8-15H2,1H3,(H2,21,22,23);1H. The van der Waals surface area contributed by atoms with Gasteiger partial charge >= 0.3 is 0 Å². The van der Waals surface area contributed by atoms with Crippen LogP contribution in [0.1, 0.15) is 31.2 Å². The molecule has 2 fully saturated rings. The fraction of sp³-hybridized carbons (Fsp3) is 0.600. The fourth-order valence-corrected chi connectivity index (χ4v) is 3.10. The molecule has 1 unspecified atom stereocenters. The van der Waals surface area contributed by atoms with E-state index >= 15 is 0 Å². The Balaban J connectivity index is 0.00000261. The second-order valence-electron chi connectivity index (χ2n) is 6.94. The van der Waals surface area contributed by atoms with Gasteiger partial charge in [-0.3, -0.25) is 9.79 Å². The molecule has 0 bridgehead atoms. The number of ether oxygens (including phenoxy) is 1. The Morgan fingerprint density at radius 1 is 1.22 bits per heavy atom. The molecule has 150 valence electrons. The molecular formula is C20H31IN4O2. The Morgan fingerprint density at radius 2 is 1.93 bits per heavy atom. The van der Waals surface area contributed by atoms with Gasteiger partial charge in [0.25, 0.3) is 0 Å². The molecule has 6 nitrogen and oxygen atoms in total. The van der Waals surface area contributed by atoms with Crippen molar-refractivity contribution in [3.63, 3.8) is 0 Å². The molecule has 3 rings (SSSR count). The van der Waals surface area contributed by atoms with Gasteiger partial charge in [0.2, 0.25) is 5.91 Å². The predicted octanol–water partition coefficient (Wildman–Crippen LogP) is 2.21. The number of hydrogen-bond donors (Lipinski definition) is 2. The molecule has 1 heterocycles. The molecule has 0 spiro atoms. The van der Waals surface area contributed by atoms with E-state index in [0.29, 0.717) is 32.8 Å². The number of aliphatic imine (C=N–C) groups is 1. The Hall–Kier alpha value is -1.35. The topological polar surface area (TPSA) is 66.0 Å². The van der Waals surface area contributed by atoms with E-state index in [0.717, 1.165) is 30.5 Å². The maximum absolute atomic E-state index is 13.1. The van der Waals surface area contributed by atoms with Crippen LogP contribution in [0.5, 0.6) is 0 Å². The Kier molecular flexibility index (Phi) is 9.33. The third kappa shape index (κ3) is 6.95. The highest BCUT2D eigenvalue weighted by atomic mass is 127. The molecular weight excluding hydrogens is 455 g/mol. The number of morpholine rings is 1. The van der Waals surface area contributed by atoms with Crippen molar-refractivity contribution in [1.82, 2.24) is 15.5 Å². The summed E-state index contributed by atoms with van der Waals surface area (Å²) in [4.78, 5) is 19.7. The van der Waals surface area contributed by atoms with Gasteiger partial charge in [-0.05, 0) is 31.2 Å². The number of nitrogens with one attached hydrogen (secondary N) is 2. The zero-order chi connectivity index (χ0) is 18.2. The van der Waals surface area contributed by atoms with Crippen LogP contribution in [0.15, 0.2) is 35.3 Å². The second kappa shape index (κ2) is 11.5. The van der Waals surface area contributed by atoms with Gasteiger partial charge in [0.05, 0.1) is 25.7 Å². The van der Waals surface area contributed by atoms with Gasteiger partial charge in [-0.1, -0.05) is 30.3 Å². The lowest BCUT2D eigenvalue weighted by molar-refractivity contribution is -0.136. The van der Waals surface area contributed by atoms with E-state index in [4.69, 9.17) is 9.73 Å². The number of hydrogen-bond acceptors (Lipinski definition) is 3. The summed E-state index contributed by atoms with van der Waals surface area (Å²) in [5.41, 5.74) is 1.02. The van der Waals surface area contributed by atoms with Crippen LogP contribution in [0.3, 0.4) is 0 Å². The number of carbonyl (C=O) groups excluding carboxylic acids is 1. The Bertz CT molecular complexity index is 601. The Labute approximate surface area is 179 Å². The number of amides is 1. The normalized spacial score (nSPS) is 18.4. The van der Waals surface area contributed by atoms with E-state index in [2.05, 4.69) is 17.6 Å². The number of rotatable bonds is 7. The van der Waals surface area contributed by atoms with Gasteiger partial charge in [0.15, 0.2) is 5.96 Å². The van der Waals surface area contributed by atoms with Crippen molar-refractivity contribution < 1.29 is 9.53 Å².